The normalized spacial score (nSPS) is 13.4. The summed E-state index contributed by atoms with van der Waals surface area (Å²) >= 11 is 2.76. The van der Waals surface area contributed by atoms with E-state index in [1.807, 2.05) is 12.1 Å². The number of nitrogens with one attached hydrogen (secondary N) is 8. The highest BCUT2D eigenvalue weighted by Gasteiger charge is 2.33. The number of para-hydroxylation sites is 1. The summed E-state index contributed by atoms with van der Waals surface area (Å²) in [6, 6.07) is 15.1. The zero-order valence-corrected chi connectivity index (χ0v) is 40.4. The van der Waals surface area contributed by atoms with Crippen molar-refractivity contribution >= 4 is 92.1 Å². The molecular formula is C45H56N8O13S3. The van der Waals surface area contributed by atoms with Gasteiger partial charge in [0, 0.05) is 23.5 Å². The van der Waals surface area contributed by atoms with Crippen LogP contribution in [0.25, 0.3) is 10.9 Å². The number of thioether (sulfide) groups is 2. The fourth-order valence-electron chi connectivity index (χ4n) is 6.89. The molecule has 0 fully saturated rings. The topological polar surface area (TPSA) is 320 Å². The molecule has 0 aliphatic heterocycles. The van der Waals surface area contributed by atoms with Gasteiger partial charge < -0.3 is 46.2 Å². The molecule has 4 rings (SSSR count). The van der Waals surface area contributed by atoms with E-state index in [1.165, 1.54) is 54.8 Å². The van der Waals surface area contributed by atoms with E-state index in [-0.39, 0.29) is 37.9 Å². The Morgan fingerprint density at radius 1 is 0.652 bits per heavy atom. The van der Waals surface area contributed by atoms with Crippen LogP contribution >= 0.6 is 23.5 Å². The van der Waals surface area contributed by atoms with Gasteiger partial charge in [-0.1, -0.05) is 60.7 Å². The number of aromatic amines is 1. The summed E-state index contributed by atoms with van der Waals surface area (Å²) in [4.78, 5) is 110. The van der Waals surface area contributed by atoms with Gasteiger partial charge in [0.15, 0.2) is 0 Å². The quantitative estimate of drug-likeness (QED) is 0.0349. The van der Waals surface area contributed by atoms with E-state index in [4.69, 9.17) is 4.55 Å². The van der Waals surface area contributed by atoms with Crippen molar-refractivity contribution in [3.63, 3.8) is 0 Å². The summed E-state index contributed by atoms with van der Waals surface area (Å²) in [6.07, 6.45) is 4.42. The number of imide groups is 1. The molecule has 0 bridgehead atoms. The average molecular weight is 1010 g/mol. The van der Waals surface area contributed by atoms with Crippen LogP contribution in [0.2, 0.25) is 0 Å². The van der Waals surface area contributed by atoms with Gasteiger partial charge in [-0.15, -0.1) is 0 Å². The van der Waals surface area contributed by atoms with Crippen LogP contribution in [-0.4, -0.2) is 138 Å². The van der Waals surface area contributed by atoms with E-state index < -0.39 is 101 Å². The van der Waals surface area contributed by atoms with Crippen molar-refractivity contribution in [2.75, 3.05) is 37.6 Å². The Balaban J connectivity index is 1.47. The monoisotopic (exact) mass is 1010 g/mol. The molecule has 7 amide bonds. The number of fused-ring (bicyclic) bond motifs is 1. The summed E-state index contributed by atoms with van der Waals surface area (Å²) in [7, 11) is -3.23. The largest absolute Gasteiger partial charge is 0.481 e. The molecule has 372 valence electrons. The number of carboxylic acids is 1. The number of amides is 7. The number of aliphatic carboxylic acids is 1. The van der Waals surface area contributed by atoms with E-state index in [9.17, 15) is 51.9 Å². The Labute approximate surface area is 407 Å². The van der Waals surface area contributed by atoms with Gasteiger partial charge in [0.05, 0.1) is 25.4 Å². The molecule has 69 heavy (non-hydrogen) atoms. The third-order valence-electron chi connectivity index (χ3n) is 10.4. The highest BCUT2D eigenvalue weighted by atomic mass is 32.3. The van der Waals surface area contributed by atoms with Crippen molar-refractivity contribution in [1.82, 2.24) is 42.2 Å². The molecule has 21 nitrogen and oxygen atoms in total. The average Bonchev–Trinajstić information content (AvgIpc) is 3.72. The fraction of sp³-hybridized carbons (Fsp3) is 0.378. The number of carbonyl (C=O) groups excluding carboxylic acids is 7. The third-order valence-corrected chi connectivity index (χ3v) is 12.1. The van der Waals surface area contributed by atoms with Crippen molar-refractivity contribution in [3.05, 3.63) is 102 Å². The zero-order valence-electron chi connectivity index (χ0n) is 37.9. The second kappa shape index (κ2) is 27.5. The van der Waals surface area contributed by atoms with Gasteiger partial charge in [0.2, 0.25) is 41.4 Å². The molecule has 4 aromatic rings. The lowest BCUT2D eigenvalue weighted by atomic mass is 10.0. The van der Waals surface area contributed by atoms with Gasteiger partial charge in [-0.2, -0.15) is 31.9 Å². The molecule has 0 aliphatic carbocycles. The maximum Gasteiger partial charge on any atom is 0.446 e. The van der Waals surface area contributed by atoms with Gasteiger partial charge in [-0.25, -0.2) is 0 Å². The Hall–Kier alpha value is -6.47. The van der Waals surface area contributed by atoms with Crippen molar-refractivity contribution in [2.24, 2.45) is 0 Å². The van der Waals surface area contributed by atoms with Gasteiger partial charge >= 0.3 is 16.4 Å². The standard InChI is InChI=1S/C45H56N8O13S3/c1-46-35(21-27-9-5-4-6-10-27)43(60)53-45(62)37(24-40(56)57)52-42(59)34(18-20-68-3)51-44(61)36(23-29-25-47-32-12-8-7-11-31(29)32)50-39(55)26-48-41(58)33(17-19-67-2)49-38(54)22-28-13-15-30(16-14-28)66-69(63,64)65/h4-16,25,33-37,46-47H,17-24,26H2,1-3H3,(H,48,58)(H,49,54)(H,50,55)(H,51,61)(H,52,59)(H,56,57)(H,53,60,62)(H,63,64,65)/t33-,34-,35-,36-,37-/m0/s1. The molecule has 0 aliphatic rings. The van der Waals surface area contributed by atoms with Crippen LogP contribution in [0.4, 0.5) is 0 Å². The number of hydrogen-bond acceptors (Lipinski definition) is 14. The van der Waals surface area contributed by atoms with Crippen LogP contribution in [0.15, 0.2) is 85.1 Å². The minimum atomic E-state index is -4.75. The molecule has 0 spiro atoms. The summed E-state index contributed by atoms with van der Waals surface area (Å²) in [5.74, 6) is -6.50. The maximum absolute atomic E-state index is 14.2. The molecule has 0 unspecified atom stereocenters. The molecule has 0 saturated heterocycles. The number of hydrogen-bond donors (Lipinski definition) is 10. The Morgan fingerprint density at radius 3 is 1.86 bits per heavy atom. The van der Waals surface area contributed by atoms with Gasteiger partial charge in [0.25, 0.3) is 0 Å². The number of likely N-dealkylation sites (N-methyl/N-ethyl adjacent to an activating group) is 1. The second-order valence-electron chi connectivity index (χ2n) is 15.5. The number of benzene rings is 3. The van der Waals surface area contributed by atoms with Crippen LogP contribution in [0.3, 0.4) is 0 Å². The molecule has 1 aromatic heterocycles. The van der Waals surface area contributed by atoms with Crippen LogP contribution in [0.5, 0.6) is 5.75 Å². The number of carboxylic acid groups (broad SMARTS) is 1. The first-order valence-corrected chi connectivity index (χ1v) is 25.6. The SMILES string of the molecule is CN[C@@H](Cc1ccccc1)C(=O)NC(=O)[C@H](CC(=O)O)NC(=O)[C@H](CCSC)NC(=O)[C@H](Cc1c[nH]c2ccccc12)NC(=O)CNC(=O)[C@H](CCSC)NC(=O)Cc1ccc(OS(=O)(=O)O)cc1. The predicted octanol–water partition coefficient (Wildman–Crippen LogP) is 0.645. The maximum atomic E-state index is 14.2. The van der Waals surface area contributed by atoms with Gasteiger partial charge in [-0.05, 0) is 85.2 Å². The number of aromatic nitrogens is 1. The Morgan fingerprint density at radius 2 is 1.23 bits per heavy atom. The van der Waals surface area contributed by atoms with Crippen molar-refractivity contribution in [3.8, 4) is 5.75 Å². The molecule has 1 heterocycles. The van der Waals surface area contributed by atoms with Crippen molar-refractivity contribution < 1.29 is 60.6 Å². The first kappa shape index (κ1) is 55.1. The van der Waals surface area contributed by atoms with E-state index in [1.54, 1.807) is 61.2 Å². The number of H-pyrrole nitrogens is 1. The molecule has 10 N–H and O–H groups in total. The van der Waals surface area contributed by atoms with E-state index in [0.29, 0.717) is 22.6 Å². The van der Waals surface area contributed by atoms with E-state index in [2.05, 4.69) is 46.4 Å². The zero-order chi connectivity index (χ0) is 50.5. The third kappa shape index (κ3) is 18.9. The summed E-state index contributed by atoms with van der Waals surface area (Å²) in [5, 5.41) is 28.2. The molecular weight excluding hydrogens is 957 g/mol. The van der Waals surface area contributed by atoms with Crippen LogP contribution in [0, 0.1) is 0 Å². The smallest absolute Gasteiger partial charge is 0.446 e. The molecule has 0 radical (unpaired) electrons. The second-order valence-corrected chi connectivity index (χ2v) is 18.5. The summed E-state index contributed by atoms with van der Waals surface area (Å²) in [6.45, 7) is -0.627. The summed E-state index contributed by atoms with van der Waals surface area (Å²) in [5.41, 5.74) is 2.59. The van der Waals surface area contributed by atoms with E-state index >= 15 is 0 Å². The van der Waals surface area contributed by atoms with Crippen molar-refractivity contribution in [1.29, 1.82) is 0 Å². The Bertz CT molecular complexity index is 2530. The first-order valence-electron chi connectivity index (χ1n) is 21.4. The molecule has 3 aromatic carbocycles. The van der Waals surface area contributed by atoms with Crippen molar-refractivity contribution in [2.45, 2.75) is 68.7 Å². The summed E-state index contributed by atoms with van der Waals surface area (Å²) < 4.78 is 35.3. The van der Waals surface area contributed by atoms with Crippen LogP contribution in [-0.2, 0) is 68.0 Å². The van der Waals surface area contributed by atoms with Crippen LogP contribution in [0.1, 0.15) is 36.0 Å². The highest BCUT2D eigenvalue weighted by molar-refractivity contribution is 7.98. The lowest BCUT2D eigenvalue weighted by Gasteiger charge is -2.25. The lowest BCUT2D eigenvalue weighted by molar-refractivity contribution is -0.142. The Kier molecular flexibility index (Phi) is 22.0. The fourth-order valence-corrected chi connectivity index (χ4v) is 8.19. The van der Waals surface area contributed by atoms with Gasteiger partial charge in [0.1, 0.15) is 29.9 Å². The minimum absolute atomic E-state index is 0.0126. The number of carbonyl (C=O) groups is 8. The first-order chi connectivity index (χ1) is 32.9. The minimum Gasteiger partial charge on any atom is -0.481 e. The molecule has 24 heteroatoms. The highest BCUT2D eigenvalue weighted by Crippen LogP contribution is 2.20. The molecule has 5 atom stereocenters. The number of rotatable bonds is 28. The predicted molar refractivity (Wildman–Crippen MR) is 259 cm³/mol. The lowest BCUT2D eigenvalue weighted by Crippen LogP contribution is -2.59. The van der Waals surface area contributed by atoms with Gasteiger partial charge in [-0.3, -0.25) is 48.2 Å². The molecule has 0 saturated carbocycles. The van der Waals surface area contributed by atoms with Crippen LogP contribution < -0.4 is 41.4 Å². The van der Waals surface area contributed by atoms with E-state index in [0.717, 1.165) is 16.5 Å².